The van der Waals surface area contributed by atoms with Crippen molar-refractivity contribution < 1.29 is 10.0 Å². The van der Waals surface area contributed by atoms with Crippen LogP contribution in [0.5, 0.6) is 0 Å². The Balaban J connectivity index is 2.21. The number of fused-ring (bicyclic) bond motifs is 4. The van der Waals surface area contributed by atoms with Gasteiger partial charge < -0.3 is 10.0 Å². The summed E-state index contributed by atoms with van der Waals surface area (Å²) in [5.74, 6) is 0. The Kier molecular flexibility index (Phi) is 2.74. The molecule has 2 aliphatic rings. The lowest BCUT2D eigenvalue weighted by atomic mass is 9.66. The van der Waals surface area contributed by atoms with E-state index in [4.69, 9.17) is 0 Å². The molecule has 2 aromatic carbocycles. The lowest BCUT2D eigenvalue weighted by molar-refractivity contribution is 0.420. The molecule has 0 unspecified atom stereocenters. The maximum Gasteiger partial charge on any atom is 0.489 e. The summed E-state index contributed by atoms with van der Waals surface area (Å²) < 4.78 is 0. The van der Waals surface area contributed by atoms with Crippen LogP contribution in [0.1, 0.15) is 13.8 Å². The summed E-state index contributed by atoms with van der Waals surface area (Å²) in [6, 6.07) is 12.6. The second kappa shape index (κ2) is 4.45. The Morgan fingerprint density at radius 1 is 1.00 bits per heavy atom. The van der Waals surface area contributed by atoms with Gasteiger partial charge in [0.2, 0.25) is 0 Å². The quantitative estimate of drug-likeness (QED) is 0.784. The average molecular weight is 288 g/mol. The van der Waals surface area contributed by atoms with Gasteiger partial charge in [0.25, 0.3) is 0 Å². The smallest absolute Gasteiger partial charge is 0.423 e. The van der Waals surface area contributed by atoms with E-state index in [0.717, 1.165) is 5.57 Å². The summed E-state index contributed by atoms with van der Waals surface area (Å²) in [6.07, 6.45) is 6.00. The molecule has 22 heavy (non-hydrogen) atoms. The van der Waals surface area contributed by atoms with Gasteiger partial charge in [0.1, 0.15) is 0 Å². The Morgan fingerprint density at radius 3 is 2.55 bits per heavy atom. The van der Waals surface area contributed by atoms with Gasteiger partial charge in [0.15, 0.2) is 0 Å². The standard InChI is InChI=1S/C19H17BO2/c1-19(2)10-9-17(20(21)22)16-11-15-13-6-4-3-5-12(13)7-8-14(15)18(16)19/h3-11,21-22H,1-2H3. The van der Waals surface area contributed by atoms with Crippen molar-refractivity contribution >= 4 is 29.5 Å². The van der Waals surface area contributed by atoms with Gasteiger partial charge in [-0.2, -0.15) is 0 Å². The first-order valence-corrected chi connectivity index (χ1v) is 7.53. The van der Waals surface area contributed by atoms with Gasteiger partial charge in [-0.05, 0) is 43.9 Å². The van der Waals surface area contributed by atoms with Crippen molar-refractivity contribution in [3.8, 4) is 0 Å². The fourth-order valence-electron chi connectivity index (χ4n) is 3.65. The topological polar surface area (TPSA) is 40.5 Å². The minimum Gasteiger partial charge on any atom is -0.423 e. The molecule has 0 radical (unpaired) electrons. The third-order valence-corrected chi connectivity index (χ3v) is 4.71. The molecule has 0 atom stereocenters. The number of benzene rings is 2. The molecule has 0 saturated heterocycles. The molecule has 0 bridgehead atoms. The maximum atomic E-state index is 9.70. The van der Waals surface area contributed by atoms with Crippen molar-refractivity contribution in [1.29, 1.82) is 0 Å². The number of hydrogen-bond acceptors (Lipinski definition) is 2. The summed E-state index contributed by atoms with van der Waals surface area (Å²) in [5.41, 5.74) is 2.58. The molecule has 2 nitrogen and oxygen atoms in total. The lowest BCUT2D eigenvalue weighted by Crippen LogP contribution is -2.29. The molecular weight excluding hydrogens is 271 g/mol. The molecular formula is C19H17BO2. The molecule has 0 fully saturated rings. The summed E-state index contributed by atoms with van der Waals surface area (Å²) >= 11 is 0. The van der Waals surface area contributed by atoms with Crippen molar-refractivity contribution in [3.05, 3.63) is 70.0 Å². The summed E-state index contributed by atoms with van der Waals surface area (Å²) in [6.45, 7) is 4.33. The van der Waals surface area contributed by atoms with Crippen molar-refractivity contribution in [2.75, 3.05) is 0 Å². The Labute approximate surface area is 129 Å². The largest absolute Gasteiger partial charge is 0.489 e. The third-order valence-electron chi connectivity index (χ3n) is 4.71. The fraction of sp³-hybridized carbons (Fsp3) is 0.158. The molecule has 3 heteroatoms. The highest BCUT2D eigenvalue weighted by Gasteiger charge is 2.33. The molecule has 2 aromatic rings. The highest BCUT2D eigenvalue weighted by Crippen LogP contribution is 2.41. The first-order valence-electron chi connectivity index (χ1n) is 7.53. The SMILES string of the molecule is CC1(C)C=CC(B(O)O)=C2C=c3c(ccc4ccccc34)=C21. The molecule has 4 rings (SSSR count). The van der Waals surface area contributed by atoms with Gasteiger partial charge in [0.05, 0.1) is 0 Å². The van der Waals surface area contributed by atoms with Crippen LogP contribution in [0.15, 0.2) is 59.6 Å². The Hall–Kier alpha value is -2.10. The van der Waals surface area contributed by atoms with Crippen molar-refractivity contribution in [3.63, 3.8) is 0 Å². The number of rotatable bonds is 1. The predicted molar refractivity (Wildman–Crippen MR) is 91.2 cm³/mol. The van der Waals surface area contributed by atoms with E-state index >= 15 is 0 Å². The normalized spacial score (nSPS) is 18.3. The highest BCUT2D eigenvalue weighted by molar-refractivity contribution is 6.53. The molecule has 2 N–H and O–H groups in total. The van der Waals surface area contributed by atoms with E-state index in [1.54, 1.807) is 0 Å². The first-order chi connectivity index (χ1) is 10.5. The molecule has 2 aliphatic carbocycles. The van der Waals surface area contributed by atoms with Gasteiger partial charge in [0, 0.05) is 5.41 Å². The van der Waals surface area contributed by atoms with Crippen LogP contribution in [0, 0.1) is 5.41 Å². The van der Waals surface area contributed by atoms with Gasteiger partial charge in [-0.25, -0.2) is 0 Å². The van der Waals surface area contributed by atoms with Crippen LogP contribution >= 0.6 is 0 Å². The van der Waals surface area contributed by atoms with Crippen molar-refractivity contribution in [2.24, 2.45) is 5.41 Å². The van der Waals surface area contributed by atoms with Gasteiger partial charge in [-0.15, -0.1) is 0 Å². The Morgan fingerprint density at radius 2 is 1.77 bits per heavy atom. The van der Waals surface area contributed by atoms with E-state index in [-0.39, 0.29) is 5.41 Å². The van der Waals surface area contributed by atoms with E-state index < -0.39 is 7.12 Å². The maximum absolute atomic E-state index is 9.70. The van der Waals surface area contributed by atoms with Crippen LogP contribution in [0.4, 0.5) is 0 Å². The van der Waals surface area contributed by atoms with Crippen LogP contribution < -0.4 is 10.4 Å². The van der Waals surface area contributed by atoms with Crippen LogP contribution in [0.2, 0.25) is 0 Å². The molecule has 108 valence electrons. The second-order valence-corrected chi connectivity index (χ2v) is 6.56. The van der Waals surface area contributed by atoms with Crippen LogP contribution in [-0.2, 0) is 0 Å². The lowest BCUT2D eigenvalue weighted by Gasteiger charge is -2.29. The molecule has 0 heterocycles. The minimum atomic E-state index is -1.45. The first kappa shape index (κ1) is 13.6. The van der Waals surface area contributed by atoms with Gasteiger partial charge in [-0.3, -0.25) is 0 Å². The fourth-order valence-corrected chi connectivity index (χ4v) is 3.65. The third kappa shape index (κ3) is 1.76. The molecule has 0 spiro atoms. The second-order valence-electron chi connectivity index (χ2n) is 6.56. The van der Waals surface area contributed by atoms with Crippen molar-refractivity contribution in [2.45, 2.75) is 13.8 Å². The Bertz CT molecular complexity index is 978. The average Bonchev–Trinajstić information content (AvgIpc) is 2.87. The minimum absolute atomic E-state index is 0.127. The predicted octanol–water partition coefficient (Wildman–Crippen LogP) is 1.69. The van der Waals surface area contributed by atoms with E-state index in [2.05, 4.69) is 50.3 Å². The number of allylic oxidation sites excluding steroid dienone is 4. The van der Waals surface area contributed by atoms with E-state index in [0.29, 0.717) is 5.47 Å². The van der Waals surface area contributed by atoms with Gasteiger partial charge in [-0.1, -0.05) is 62.4 Å². The number of hydrogen-bond donors (Lipinski definition) is 2. The zero-order valence-corrected chi connectivity index (χ0v) is 12.7. The van der Waals surface area contributed by atoms with E-state index in [1.165, 1.54) is 26.8 Å². The highest BCUT2D eigenvalue weighted by atomic mass is 16.4. The monoisotopic (exact) mass is 288 g/mol. The zero-order chi connectivity index (χ0) is 15.5. The van der Waals surface area contributed by atoms with Crippen LogP contribution in [0.3, 0.4) is 0 Å². The van der Waals surface area contributed by atoms with E-state index in [9.17, 15) is 10.0 Å². The van der Waals surface area contributed by atoms with E-state index in [1.807, 2.05) is 18.2 Å². The molecule has 0 amide bonds. The zero-order valence-electron chi connectivity index (χ0n) is 12.7. The van der Waals surface area contributed by atoms with Gasteiger partial charge >= 0.3 is 7.12 Å². The molecule has 0 aromatic heterocycles. The van der Waals surface area contributed by atoms with Crippen LogP contribution in [0.25, 0.3) is 22.4 Å². The summed E-state index contributed by atoms with van der Waals surface area (Å²) in [7, 11) is -1.45. The summed E-state index contributed by atoms with van der Waals surface area (Å²) in [5, 5.41) is 24.2. The summed E-state index contributed by atoms with van der Waals surface area (Å²) in [4.78, 5) is 0. The van der Waals surface area contributed by atoms with Crippen molar-refractivity contribution in [1.82, 2.24) is 0 Å². The molecule has 0 saturated carbocycles. The van der Waals surface area contributed by atoms with Crippen LogP contribution in [-0.4, -0.2) is 17.2 Å². The molecule has 0 aliphatic heterocycles.